The molecule has 0 aromatic carbocycles. The second kappa shape index (κ2) is 5.71. The third kappa shape index (κ3) is 4.30. The Morgan fingerprint density at radius 2 is 1.93 bits per heavy atom. The lowest BCUT2D eigenvalue weighted by Crippen LogP contribution is -2.23. The van der Waals surface area contributed by atoms with Crippen LogP contribution in [-0.4, -0.2) is 17.1 Å². The molecule has 1 aromatic heterocycles. The van der Waals surface area contributed by atoms with Gasteiger partial charge in [-0.3, -0.25) is 0 Å². The molecule has 0 atom stereocenters. The Morgan fingerprint density at radius 1 is 1.20 bits per heavy atom. The highest BCUT2D eigenvalue weighted by molar-refractivity contribution is 5.44. The van der Waals surface area contributed by atoms with E-state index in [1.807, 2.05) is 12.3 Å². The number of hydrogen-bond donors (Lipinski definition) is 2. The lowest BCUT2D eigenvalue weighted by atomic mass is 10.2. The van der Waals surface area contributed by atoms with Gasteiger partial charge in [-0.2, -0.15) is 0 Å². The summed E-state index contributed by atoms with van der Waals surface area (Å²) in [5.74, 6) is 0.987. The van der Waals surface area contributed by atoms with Crippen molar-refractivity contribution < 1.29 is 0 Å². The van der Waals surface area contributed by atoms with E-state index < -0.39 is 0 Å². The van der Waals surface area contributed by atoms with Crippen LogP contribution in [0.4, 0.5) is 5.82 Å². The van der Waals surface area contributed by atoms with Crippen LogP contribution in [0.15, 0.2) is 18.3 Å². The van der Waals surface area contributed by atoms with Crippen LogP contribution in [0.25, 0.3) is 0 Å². The Bertz CT molecular complexity index is 295. The van der Waals surface area contributed by atoms with Crippen LogP contribution in [0.2, 0.25) is 0 Å². The van der Waals surface area contributed by atoms with Gasteiger partial charge in [-0.05, 0) is 19.9 Å². The molecular weight excluding hydrogens is 186 g/mol. The predicted octanol–water partition coefficient (Wildman–Crippen LogP) is 2.40. The van der Waals surface area contributed by atoms with Crippen LogP contribution >= 0.6 is 0 Å². The summed E-state index contributed by atoms with van der Waals surface area (Å²) in [6, 6.07) is 4.99. The quantitative estimate of drug-likeness (QED) is 0.778. The number of pyridine rings is 1. The largest absolute Gasteiger partial charge is 0.368 e. The van der Waals surface area contributed by atoms with Gasteiger partial charge in [0.2, 0.25) is 0 Å². The van der Waals surface area contributed by atoms with E-state index in [1.165, 1.54) is 5.56 Å². The molecule has 2 N–H and O–H groups in total. The zero-order chi connectivity index (χ0) is 11.3. The van der Waals surface area contributed by atoms with Gasteiger partial charge in [0.25, 0.3) is 0 Å². The van der Waals surface area contributed by atoms with E-state index >= 15 is 0 Å². The van der Waals surface area contributed by atoms with Crippen molar-refractivity contribution in [3.8, 4) is 0 Å². The number of aromatic nitrogens is 1. The summed E-state index contributed by atoms with van der Waals surface area (Å²) in [7, 11) is 0. The van der Waals surface area contributed by atoms with E-state index in [0.717, 1.165) is 12.4 Å². The summed E-state index contributed by atoms with van der Waals surface area (Å²) >= 11 is 0. The Kier molecular flexibility index (Phi) is 4.56. The maximum Gasteiger partial charge on any atom is 0.130 e. The van der Waals surface area contributed by atoms with E-state index in [-0.39, 0.29) is 0 Å². The molecule has 0 spiro atoms. The van der Waals surface area contributed by atoms with Gasteiger partial charge < -0.3 is 10.6 Å². The van der Waals surface area contributed by atoms with Crippen LogP contribution < -0.4 is 10.6 Å². The average Bonchev–Trinajstić information content (AvgIpc) is 2.15. The van der Waals surface area contributed by atoms with Crippen LogP contribution in [0.1, 0.15) is 33.3 Å². The van der Waals surface area contributed by atoms with Crippen molar-refractivity contribution in [3.63, 3.8) is 0 Å². The highest BCUT2D eigenvalue weighted by Crippen LogP contribution is 2.12. The molecule has 3 heteroatoms. The fraction of sp³-hybridized carbons (Fsp3) is 0.583. The van der Waals surface area contributed by atoms with Gasteiger partial charge in [-0.15, -0.1) is 0 Å². The first-order chi connectivity index (χ1) is 7.09. The maximum absolute atomic E-state index is 4.35. The van der Waals surface area contributed by atoms with E-state index in [4.69, 9.17) is 0 Å². The van der Waals surface area contributed by atoms with Crippen molar-refractivity contribution >= 4 is 5.82 Å². The Balaban J connectivity index is 2.68. The molecule has 0 aliphatic heterocycles. The molecule has 0 saturated carbocycles. The molecule has 1 rings (SSSR count). The fourth-order valence-electron chi connectivity index (χ4n) is 1.30. The minimum Gasteiger partial charge on any atom is -0.368 e. The molecule has 3 nitrogen and oxygen atoms in total. The van der Waals surface area contributed by atoms with Gasteiger partial charge in [0.05, 0.1) is 0 Å². The van der Waals surface area contributed by atoms with Crippen LogP contribution in [0, 0.1) is 0 Å². The number of nitrogens with one attached hydrogen (secondary N) is 2. The Hall–Kier alpha value is -1.09. The fourth-order valence-corrected chi connectivity index (χ4v) is 1.30. The SMILES string of the molecule is CC(C)NCc1cccnc1NC(C)C. The highest BCUT2D eigenvalue weighted by Gasteiger charge is 2.04. The molecule has 15 heavy (non-hydrogen) atoms. The van der Waals surface area contributed by atoms with Gasteiger partial charge in [0.15, 0.2) is 0 Å². The topological polar surface area (TPSA) is 37.0 Å². The summed E-state index contributed by atoms with van der Waals surface area (Å²) in [5.41, 5.74) is 1.22. The number of hydrogen-bond acceptors (Lipinski definition) is 3. The van der Waals surface area contributed by atoms with Crippen molar-refractivity contribution in [1.29, 1.82) is 0 Å². The van der Waals surface area contributed by atoms with Crippen molar-refractivity contribution in [2.24, 2.45) is 0 Å². The highest BCUT2D eigenvalue weighted by atomic mass is 15.0. The average molecular weight is 207 g/mol. The monoisotopic (exact) mass is 207 g/mol. The zero-order valence-corrected chi connectivity index (χ0v) is 10.0. The van der Waals surface area contributed by atoms with Crippen molar-refractivity contribution in [3.05, 3.63) is 23.9 Å². The van der Waals surface area contributed by atoms with Crippen LogP contribution in [0.5, 0.6) is 0 Å². The van der Waals surface area contributed by atoms with E-state index in [9.17, 15) is 0 Å². The molecule has 0 saturated heterocycles. The van der Waals surface area contributed by atoms with Gasteiger partial charge in [0, 0.05) is 30.4 Å². The van der Waals surface area contributed by atoms with Crippen molar-refractivity contribution in [1.82, 2.24) is 10.3 Å². The minimum absolute atomic E-state index is 0.415. The minimum atomic E-state index is 0.415. The first kappa shape index (κ1) is 12.0. The summed E-state index contributed by atoms with van der Waals surface area (Å²) in [6.45, 7) is 9.39. The molecular formula is C12H21N3. The second-order valence-electron chi connectivity index (χ2n) is 4.35. The third-order valence-electron chi connectivity index (χ3n) is 2.02. The predicted molar refractivity (Wildman–Crippen MR) is 65.0 cm³/mol. The normalized spacial score (nSPS) is 11.1. The number of rotatable bonds is 5. The number of nitrogens with zero attached hydrogens (tertiary/aromatic N) is 1. The third-order valence-corrected chi connectivity index (χ3v) is 2.02. The summed E-state index contributed by atoms with van der Waals surface area (Å²) in [4.78, 5) is 4.35. The molecule has 0 unspecified atom stereocenters. The second-order valence-corrected chi connectivity index (χ2v) is 4.35. The molecule has 84 valence electrons. The zero-order valence-electron chi connectivity index (χ0n) is 10.0. The standard InChI is InChI=1S/C12H21N3/c1-9(2)14-8-11-6-5-7-13-12(11)15-10(3)4/h5-7,9-10,14H,8H2,1-4H3,(H,13,15). The molecule has 0 amide bonds. The van der Waals surface area contributed by atoms with Crippen molar-refractivity contribution in [2.75, 3.05) is 5.32 Å². The molecule has 0 aliphatic carbocycles. The molecule has 1 aromatic rings. The molecule has 0 bridgehead atoms. The summed E-state index contributed by atoms with van der Waals surface area (Å²) in [5, 5.41) is 6.74. The molecule has 0 radical (unpaired) electrons. The van der Waals surface area contributed by atoms with Gasteiger partial charge in [0.1, 0.15) is 5.82 Å². The van der Waals surface area contributed by atoms with E-state index in [0.29, 0.717) is 12.1 Å². The first-order valence-corrected chi connectivity index (χ1v) is 5.53. The summed E-state index contributed by atoms with van der Waals surface area (Å²) < 4.78 is 0. The van der Waals surface area contributed by atoms with Crippen LogP contribution in [0.3, 0.4) is 0 Å². The molecule has 0 fully saturated rings. The lowest BCUT2D eigenvalue weighted by molar-refractivity contribution is 0.588. The summed E-state index contributed by atoms with van der Waals surface area (Å²) in [6.07, 6.45) is 1.82. The van der Waals surface area contributed by atoms with E-state index in [1.54, 1.807) is 0 Å². The van der Waals surface area contributed by atoms with Gasteiger partial charge >= 0.3 is 0 Å². The lowest BCUT2D eigenvalue weighted by Gasteiger charge is -2.15. The Morgan fingerprint density at radius 3 is 2.53 bits per heavy atom. The molecule has 1 heterocycles. The first-order valence-electron chi connectivity index (χ1n) is 5.53. The van der Waals surface area contributed by atoms with Crippen LogP contribution in [-0.2, 0) is 6.54 Å². The van der Waals surface area contributed by atoms with Crippen molar-refractivity contribution in [2.45, 2.75) is 46.3 Å². The van der Waals surface area contributed by atoms with Gasteiger partial charge in [-0.25, -0.2) is 4.98 Å². The smallest absolute Gasteiger partial charge is 0.130 e. The van der Waals surface area contributed by atoms with E-state index in [2.05, 4.69) is 49.4 Å². The number of anilines is 1. The van der Waals surface area contributed by atoms with Gasteiger partial charge in [-0.1, -0.05) is 19.9 Å². The Labute approximate surface area is 92.3 Å². The maximum atomic E-state index is 4.35. The molecule has 0 aliphatic rings.